The van der Waals surface area contributed by atoms with E-state index in [1.165, 1.54) is 0 Å². The molecule has 3 atom stereocenters. The molecule has 3 unspecified atom stereocenters. The molecular weight excluding hydrogens is 412 g/mol. The SMILES string of the molecule is CCOCOC(=O)CC(C)(C)C1CC=C(C=NCCCN(C)C)C(C(=O)OCC2CO2)C1. The maximum atomic E-state index is 12.9. The van der Waals surface area contributed by atoms with E-state index in [-0.39, 0.29) is 48.5 Å². The number of epoxide rings is 1. The van der Waals surface area contributed by atoms with Crippen LogP contribution in [0.1, 0.15) is 46.5 Å². The second-order valence-electron chi connectivity index (χ2n) is 9.49. The van der Waals surface area contributed by atoms with Crippen LogP contribution in [0.15, 0.2) is 16.6 Å². The van der Waals surface area contributed by atoms with Crippen LogP contribution in [0.2, 0.25) is 0 Å². The highest BCUT2D eigenvalue weighted by Gasteiger charge is 2.39. The second kappa shape index (κ2) is 13.1. The number of allylic oxidation sites excluding steroid dienone is 1. The van der Waals surface area contributed by atoms with Crippen molar-refractivity contribution in [3.8, 4) is 0 Å². The lowest BCUT2D eigenvalue weighted by molar-refractivity contribution is -0.159. The summed E-state index contributed by atoms with van der Waals surface area (Å²) in [5.74, 6) is -0.775. The van der Waals surface area contributed by atoms with Crippen molar-refractivity contribution in [1.29, 1.82) is 0 Å². The van der Waals surface area contributed by atoms with Gasteiger partial charge in [0.15, 0.2) is 6.79 Å². The maximum Gasteiger partial charge on any atom is 0.313 e. The van der Waals surface area contributed by atoms with Gasteiger partial charge in [0.05, 0.1) is 18.9 Å². The van der Waals surface area contributed by atoms with Crippen LogP contribution in [-0.4, -0.2) is 83.0 Å². The first-order valence-electron chi connectivity index (χ1n) is 11.6. The summed E-state index contributed by atoms with van der Waals surface area (Å²) in [4.78, 5) is 31.8. The average Bonchev–Trinajstić information content (AvgIpc) is 3.56. The number of esters is 2. The molecule has 1 fully saturated rings. The zero-order chi connectivity index (χ0) is 23.6. The molecule has 1 heterocycles. The molecule has 0 aromatic carbocycles. The fourth-order valence-corrected chi connectivity index (χ4v) is 3.80. The lowest BCUT2D eigenvalue weighted by Gasteiger charge is -2.38. The number of carbonyl (C=O) groups excluding carboxylic acids is 2. The average molecular weight is 453 g/mol. The minimum absolute atomic E-state index is 0.0252. The van der Waals surface area contributed by atoms with Gasteiger partial charge in [-0.1, -0.05) is 19.9 Å². The Morgan fingerprint density at radius 1 is 1.31 bits per heavy atom. The minimum Gasteiger partial charge on any atom is -0.462 e. The van der Waals surface area contributed by atoms with Gasteiger partial charge in [0.2, 0.25) is 0 Å². The Balaban J connectivity index is 2.01. The van der Waals surface area contributed by atoms with E-state index in [1.807, 2.05) is 41.1 Å². The quantitative estimate of drug-likeness (QED) is 0.132. The molecule has 0 aromatic rings. The molecule has 0 amide bonds. The summed E-state index contributed by atoms with van der Waals surface area (Å²) in [5, 5.41) is 0. The lowest BCUT2D eigenvalue weighted by Crippen LogP contribution is -2.35. The zero-order valence-corrected chi connectivity index (χ0v) is 20.3. The third-order valence-electron chi connectivity index (χ3n) is 6.00. The largest absolute Gasteiger partial charge is 0.462 e. The zero-order valence-electron chi connectivity index (χ0n) is 20.3. The van der Waals surface area contributed by atoms with Gasteiger partial charge in [-0.2, -0.15) is 0 Å². The van der Waals surface area contributed by atoms with Gasteiger partial charge < -0.3 is 23.8 Å². The molecule has 8 heteroatoms. The summed E-state index contributed by atoms with van der Waals surface area (Å²) in [5.41, 5.74) is 0.578. The molecule has 2 aliphatic rings. The van der Waals surface area contributed by atoms with E-state index >= 15 is 0 Å². The number of aliphatic imine (C=N–C) groups is 1. The Bertz CT molecular complexity index is 669. The molecule has 0 spiro atoms. The van der Waals surface area contributed by atoms with E-state index < -0.39 is 0 Å². The smallest absolute Gasteiger partial charge is 0.313 e. The second-order valence-corrected chi connectivity index (χ2v) is 9.49. The highest BCUT2D eigenvalue weighted by molar-refractivity contribution is 5.89. The minimum atomic E-state index is -0.385. The van der Waals surface area contributed by atoms with E-state index in [4.69, 9.17) is 18.9 Å². The highest BCUT2D eigenvalue weighted by Crippen LogP contribution is 2.42. The molecule has 1 aliphatic carbocycles. The Hall–Kier alpha value is -1.77. The third kappa shape index (κ3) is 9.38. The number of hydrogen-bond donors (Lipinski definition) is 0. The summed E-state index contributed by atoms with van der Waals surface area (Å²) >= 11 is 0. The van der Waals surface area contributed by atoms with Gasteiger partial charge in [0.25, 0.3) is 0 Å². The van der Waals surface area contributed by atoms with Gasteiger partial charge in [-0.05, 0) is 63.7 Å². The number of rotatable bonds is 14. The van der Waals surface area contributed by atoms with Gasteiger partial charge in [-0.3, -0.25) is 14.6 Å². The Morgan fingerprint density at radius 3 is 2.72 bits per heavy atom. The van der Waals surface area contributed by atoms with Crippen molar-refractivity contribution in [1.82, 2.24) is 4.90 Å². The summed E-state index contributed by atoms with van der Waals surface area (Å²) in [6.45, 7) is 9.05. The van der Waals surface area contributed by atoms with E-state index in [0.717, 1.165) is 25.0 Å². The molecule has 1 aliphatic heterocycles. The number of nitrogens with zero attached hydrogens (tertiary/aromatic N) is 2. The van der Waals surface area contributed by atoms with Crippen molar-refractivity contribution in [2.45, 2.75) is 52.6 Å². The van der Waals surface area contributed by atoms with E-state index in [0.29, 0.717) is 32.8 Å². The summed E-state index contributed by atoms with van der Waals surface area (Å²) in [6.07, 6.45) is 6.56. The molecule has 32 heavy (non-hydrogen) atoms. The Kier molecular flexibility index (Phi) is 10.8. The Labute approximate surface area is 192 Å². The van der Waals surface area contributed by atoms with Crippen LogP contribution < -0.4 is 0 Å². The van der Waals surface area contributed by atoms with E-state index in [9.17, 15) is 9.59 Å². The fraction of sp³-hybridized carbons (Fsp3) is 0.792. The molecule has 0 radical (unpaired) electrons. The molecule has 0 saturated carbocycles. The van der Waals surface area contributed by atoms with E-state index in [2.05, 4.69) is 16.0 Å². The number of hydrogen-bond acceptors (Lipinski definition) is 8. The van der Waals surface area contributed by atoms with Crippen LogP contribution in [0.5, 0.6) is 0 Å². The molecular formula is C24H40N2O6. The fourth-order valence-electron chi connectivity index (χ4n) is 3.80. The van der Waals surface area contributed by atoms with Crippen molar-refractivity contribution in [3.05, 3.63) is 11.6 Å². The van der Waals surface area contributed by atoms with Gasteiger partial charge in [0, 0.05) is 19.4 Å². The van der Waals surface area contributed by atoms with Gasteiger partial charge in [-0.15, -0.1) is 0 Å². The first kappa shape index (κ1) is 26.5. The highest BCUT2D eigenvalue weighted by atomic mass is 16.7. The van der Waals surface area contributed by atoms with Crippen LogP contribution in [0.25, 0.3) is 0 Å². The van der Waals surface area contributed by atoms with Gasteiger partial charge in [0.1, 0.15) is 12.7 Å². The van der Waals surface area contributed by atoms with E-state index in [1.54, 1.807) is 0 Å². The van der Waals surface area contributed by atoms with Crippen molar-refractivity contribution >= 4 is 18.2 Å². The summed E-state index contributed by atoms with van der Waals surface area (Å²) in [7, 11) is 4.08. The molecule has 0 bridgehead atoms. The Morgan fingerprint density at radius 2 is 2.06 bits per heavy atom. The van der Waals surface area contributed by atoms with Crippen molar-refractivity contribution in [2.75, 3.05) is 53.8 Å². The van der Waals surface area contributed by atoms with Crippen LogP contribution in [0, 0.1) is 17.3 Å². The maximum absolute atomic E-state index is 12.9. The summed E-state index contributed by atoms with van der Waals surface area (Å²) < 4.78 is 20.9. The van der Waals surface area contributed by atoms with Crippen molar-refractivity contribution < 1.29 is 28.5 Å². The van der Waals surface area contributed by atoms with Gasteiger partial charge in [-0.25, -0.2) is 0 Å². The molecule has 182 valence electrons. The molecule has 0 N–H and O–H groups in total. The van der Waals surface area contributed by atoms with Crippen LogP contribution >= 0.6 is 0 Å². The summed E-state index contributed by atoms with van der Waals surface area (Å²) in [6, 6.07) is 0. The topological polar surface area (TPSA) is 90.0 Å². The first-order valence-corrected chi connectivity index (χ1v) is 11.6. The normalized spacial score (nSPS) is 23.3. The molecule has 8 nitrogen and oxygen atoms in total. The van der Waals surface area contributed by atoms with Crippen LogP contribution in [0.4, 0.5) is 0 Å². The number of carbonyl (C=O) groups is 2. The van der Waals surface area contributed by atoms with Crippen molar-refractivity contribution in [3.63, 3.8) is 0 Å². The lowest BCUT2D eigenvalue weighted by atomic mass is 9.67. The van der Waals surface area contributed by atoms with Gasteiger partial charge >= 0.3 is 11.9 Å². The predicted octanol–water partition coefficient (Wildman–Crippen LogP) is 2.86. The first-order chi connectivity index (χ1) is 15.2. The molecule has 2 rings (SSSR count). The third-order valence-corrected chi connectivity index (χ3v) is 6.00. The predicted molar refractivity (Wildman–Crippen MR) is 123 cm³/mol. The molecule has 0 aromatic heterocycles. The van der Waals surface area contributed by atoms with Crippen molar-refractivity contribution in [2.24, 2.45) is 22.2 Å². The number of ether oxygens (including phenoxy) is 4. The standard InChI is InChI=1S/C24H40N2O6/c1-6-29-17-32-22(27)13-24(2,3)19-9-8-18(14-25-10-7-11-26(4)5)21(12-19)23(28)31-16-20-15-30-20/h8,14,19-21H,6-7,9-13,15-17H2,1-5H3. The monoisotopic (exact) mass is 452 g/mol. The molecule has 1 saturated heterocycles. The van der Waals surface area contributed by atoms with Crippen LogP contribution in [-0.2, 0) is 28.5 Å². The van der Waals surface area contributed by atoms with Crippen LogP contribution in [0.3, 0.4) is 0 Å².